The summed E-state index contributed by atoms with van der Waals surface area (Å²) < 4.78 is 0. The molecule has 0 aliphatic rings. The van der Waals surface area contributed by atoms with Crippen molar-refractivity contribution in [1.82, 2.24) is 5.32 Å². The third kappa shape index (κ3) is 4.37. The van der Waals surface area contributed by atoms with Crippen molar-refractivity contribution >= 4 is 29.1 Å². The molecule has 1 aromatic carbocycles. The number of carbonyl (C=O) groups is 1. The van der Waals surface area contributed by atoms with Gasteiger partial charge in [-0.25, -0.2) is 0 Å². The number of amides is 1. The molecule has 0 fully saturated rings. The van der Waals surface area contributed by atoms with Crippen molar-refractivity contribution in [3.05, 3.63) is 33.8 Å². The Balaban J connectivity index is 2.46. The molecule has 1 atom stereocenters. The molecule has 0 heterocycles. The number of benzene rings is 1. The van der Waals surface area contributed by atoms with Crippen LogP contribution >= 0.6 is 23.2 Å². The first-order valence-corrected chi connectivity index (χ1v) is 5.37. The van der Waals surface area contributed by atoms with E-state index in [1.165, 1.54) is 0 Å². The van der Waals surface area contributed by atoms with Crippen molar-refractivity contribution in [1.29, 1.82) is 0 Å². The van der Waals surface area contributed by atoms with Gasteiger partial charge in [-0.05, 0) is 23.8 Å². The molecule has 4 nitrogen and oxygen atoms in total. The van der Waals surface area contributed by atoms with Gasteiger partial charge in [0.05, 0.1) is 0 Å². The smallest absolute Gasteiger partial charge is 0.247 e. The van der Waals surface area contributed by atoms with E-state index in [0.717, 1.165) is 5.56 Å². The zero-order valence-electron chi connectivity index (χ0n) is 8.41. The first kappa shape index (κ1) is 13.3. The fourth-order valence-electron chi connectivity index (χ4n) is 1.17. The number of carbonyl (C=O) groups excluding carboxylic acids is 1. The van der Waals surface area contributed by atoms with Gasteiger partial charge in [-0.15, -0.1) is 0 Å². The lowest BCUT2D eigenvalue weighted by Crippen LogP contribution is -2.37. The Morgan fingerprint density at radius 3 is 2.44 bits per heavy atom. The number of aliphatic hydroxyl groups excluding tert-OH is 1. The minimum Gasteiger partial charge on any atom is -0.382 e. The van der Waals surface area contributed by atoms with E-state index in [1.54, 1.807) is 18.2 Å². The number of aliphatic hydroxyl groups is 1. The van der Waals surface area contributed by atoms with Crippen molar-refractivity contribution in [3.63, 3.8) is 0 Å². The van der Waals surface area contributed by atoms with Crippen molar-refractivity contribution in [2.75, 3.05) is 6.54 Å². The summed E-state index contributed by atoms with van der Waals surface area (Å²) in [5, 5.41) is 13.1. The van der Waals surface area contributed by atoms with E-state index >= 15 is 0 Å². The van der Waals surface area contributed by atoms with Gasteiger partial charge in [0.15, 0.2) is 0 Å². The number of nitrogens with two attached hydrogens (primary N) is 1. The first-order chi connectivity index (χ1) is 7.49. The molecule has 4 N–H and O–H groups in total. The Kier molecular flexibility index (Phi) is 5.02. The van der Waals surface area contributed by atoms with Crippen molar-refractivity contribution < 1.29 is 9.90 Å². The summed E-state index contributed by atoms with van der Waals surface area (Å²) in [5.41, 5.74) is 5.76. The molecule has 0 aromatic heterocycles. The zero-order valence-corrected chi connectivity index (χ0v) is 9.92. The summed E-state index contributed by atoms with van der Waals surface area (Å²) in [7, 11) is 0. The van der Waals surface area contributed by atoms with Crippen LogP contribution < -0.4 is 11.1 Å². The topological polar surface area (TPSA) is 75.4 Å². The normalized spacial score (nSPS) is 12.4. The lowest BCUT2D eigenvalue weighted by Gasteiger charge is -2.08. The average Bonchev–Trinajstić information content (AvgIpc) is 2.15. The van der Waals surface area contributed by atoms with Crippen LogP contribution in [0.2, 0.25) is 10.0 Å². The molecule has 1 amide bonds. The predicted octanol–water partition coefficient (Wildman–Crippen LogP) is 0.929. The summed E-state index contributed by atoms with van der Waals surface area (Å²) in [5.74, 6) is -0.753. The summed E-state index contributed by atoms with van der Waals surface area (Å²) >= 11 is 11.6. The van der Waals surface area contributed by atoms with Crippen LogP contribution in [0.4, 0.5) is 0 Å². The Morgan fingerprint density at radius 2 is 1.94 bits per heavy atom. The summed E-state index contributed by atoms with van der Waals surface area (Å²) in [6.07, 6.45) is -1.19. The maximum Gasteiger partial charge on any atom is 0.247 e. The Hall–Kier alpha value is -0.810. The van der Waals surface area contributed by atoms with E-state index in [9.17, 15) is 4.79 Å². The Bertz CT molecular complexity index is 365. The maximum absolute atomic E-state index is 10.5. The third-order valence-corrected chi connectivity index (χ3v) is 2.35. The summed E-state index contributed by atoms with van der Waals surface area (Å²) in [6, 6.07) is 5.12. The van der Waals surface area contributed by atoms with Gasteiger partial charge < -0.3 is 16.2 Å². The molecule has 6 heteroatoms. The largest absolute Gasteiger partial charge is 0.382 e. The van der Waals surface area contributed by atoms with Gasteiger partial charge in [-0.2, -0.15) is 0 Å². The van der Waals surface area contributed by atoms with Gasteiger partial charge in [0.25, 0.3) is 0 Å². The Morgan fingerprint density at radius 1 is 1.38 bits per heavy atom. The molecule has 0 saturated heterocycles. The third-order valence-electron chi connectivity index (χ3n) is 1.92. The lowest BCUT2D eigenvalue weighted by atomic mass is 10.2. The van der Waals surface area contributed by atoms with E-state index in [4.69, 9.17) is 34.0 Å². The van der Waals surface area contributed by atoms with Crippen LogP contribution in [0.5, 0.6) is 0 Å². The van der Waals surface area contributed by atoms with E-state index in [1.807, 2.05) is 0 Å². The highest BCUT2D eigenvalue weighted by Crippen LogP contribution is 2.18. The minimum absolute atomic E-state index is 0.0967. The Labute approximate surface area is 103 Å². The molecule has 0 bridgehead atoms. The van der Waals surface area contributed by atoms with Crippen molar-refractivity contribution in [3.8, 4) is 0 Å². The number of rotatable bonds is 5. The molecule has 1 aromatic rings. The number of primary amides is 1. The monoisotopic (exact) mass is 262 g/mol. The quantitative estimate of drug-likeness (QED) is 0.739. The number of halogens is 2. The molecule has 0 aliphatic heterocycles. The second-order valence-corrected chi connectivity index (χ2v) is 4.20. The number of hydrogen-bond acceptors (Lipinski definition) is 3. The van der Waals surface area contributed by atoms with Crippen molar-refractivity contribution in [2.45, 2.75) is 12.6 Å². The molecular weight excluding hydrogens is 251 g/mol. The summed E-state index contributed by atoms with van der Waals surface area (Å²) in [6.45, 7) is 0.546. The molecule has 16 heavy (non-hydrogen) atoms. The fourth-order valence-corrected chi connectivity index (χ4v) is 1.74. The van der Waals surface area contributed by atoms with Gasteiger partial charge >= 0.3 is 0 Å². The van der Waals surface area contributed by atoms with Gasteiger partial charge in [-0.3, -0.25) is 4.79 Å². The minimum atomic E-state index is -1.19. The highest BCUT2D eigenvalue weighted by Gasteiger charge is 2.09. The maximum atomic E-state index is 10.5. The molecule has 88 valence electrons. The average molecular weight is 263 g/mol. The van der Waals surface area contributed by atoms with Gasteiger partial charge in [-0.1, -0.05) is 23.2 Å². The van der Waals surface area contributed by atoms with Crippen LogP contribution in [0.15, 0.2) is 18.2 Å². The van der Waals surface area contributed by atoms with Gasteiger partial charge in [0.1, 0.15) is 6.10 Å². The van der Waals surface area contributed by atoms with Crippen molar-refractivity contribution in [2.24, 2.45) is 5.73 Å². The zero-order chi connectivity index (χ0) is 12.1. The number of hydrogen-bond donors (Lipinski definition) is 3. The molecule has 0 radical (unpaired) electrons. The van der Waals surface area contributed by atoms with Crippen LogP contribution in [0.1, 0.15) is 5.56 Å². The molecular formula is C10H12Cl2N2O2. The van der Waals surface area contributed by atoms with Crippen LogP contribution in [0.25, 0.3) is 0 Å². The van der Waals surface area contributed by atoms with E-state index in [-0.39, 0.29) is 6.54 Å². The second-order valence-electron chi connectivity index (χ2n) is 3.33. The standard InChI is InChI=1S/C10H12Cl2N2O2/c11-7-1-6(2-8(12)3-7)4-14-5-9(15)10(13)16/h1-3,9,14-15H,4-5H2,(H2,13,16). The molecule has 1 unspecified atom stereocenters. The fraction of sp³-hybridized carbons (Fsp3) is 0.300. The number of nitrogens with one attached hydrogen (secondary N) is 1. The molecule has 0 saturated carbocycles. The second kappa shape index (κ2) is 6.06. The van der Waals surface area contributed by atoms with Crippen LogP contribution in [-0.4, -0.2) is 23.7 Å². The molecule has 1 rings (SSSR count). The van der Waals surface area contributed by atoms with E-state index in [2.05, 4.69) is 5.32 Å². The first-order valence-electron chi connectivity index (χ1n) is 4.62. The van der Waals surface area contributed by atoms with Gasteiger partial charge in [0, 0.05) is 23.1 Å². The molecule has 0 aliphatic carbocycles. The highest BCUT2D eigenvalue weighted by atomic mass is 35.5. The highest BCUT2D eigenvalue weighted by molar-refractivity contribution is 6.34. The SMILES string of the molecule is NC(=O)C(O)CNCc1cc(Cl)cc(Cl)c1. The van der Waals surface area contributed by atoms with Crippen LogP contribution in [-0.2, 0) is 11.3 Å². The van der Waals surface area contributed by atoms with Crippen LogP contribution in [0, 0.1) is 0 Å². The lowest BCUT2D eigenvalue weighted by molar-refractivity contribution is -0.125. The van der Waals surface area contributed by atoms with Gasteiger partial charge in [0.2, 0.25) is 5.91 Å². The summed E-state index contributed by atoms with van der Waals surface area (Å²) in [4.78, 5) is 10.5. The van der Waals surface area contributed by atoms with Crippen LogP contribution in [0.3, 0.4) is 0 Å². The van der Waals surface area contributed by atoms with E-state index < -0.39 is 12.0 Å². The molecule has 0 spiro atoms. The predicted molar refractivity (Wildman–Crippen MR) is 63.4 cm³/mol. The van der Waals surface area contributed by atoms with E-state index in [0.29, 0.717) is 16.6 Å².